The number of nitrogens with zero attached hydrogens (tertiary/aromatic N) is 2. The Hall–Kier alpha value is -2.78. The summed E-state index contributed by atoms with van der Waals surface area (Å²) < 4.78 is 33.4. The molecule has 1 atom stereocenters. The molecule has 1 aromatic heterocycles. The van der Waals surface area contributed by atoms with Crippen LogP contribution >= 0.6 is 11.3 Å². The van der Waals surface area contributed by atoms with E-state index in [2.05, 4.69) is 35.7 Å². The number of ether oxygens (including phenoxy) is 1. The van der Waals surface area contributed by atoms with Crippen LogP contribution < -0.4 is 0 Å². The molecule has 1 aliphatic rings. The molecular formula is C29H34N2O4S2. The van der Waals surface area contributed by atoms with E-state index in [4.69, 9.17) is 4.74 Å². The molecule has 4 rings (SSSR count). The van der Waals surface area contributed by atoms with Gasteiger partial charge in [-0.3, -0.25) is 4.79 Å². The summed E-state index contributed by atoms with van der Waals surface area (Å²) >= 11 is 1.71. The van der Waals surface area contributed by atoms with Crippen molar-refractivity contribution in [3.8, 4) is 0 Å². The number of sulfonamides is 1. The average molecular weight is 539 g/mol. The summed E-state index contributed by atoms with van der Waals surface area (Å²) in [7, 11) is -3.83. The minimum absolute atomic E-state index is 0.199. The third-order valence-corrected chi connectivity index (χ3v) is 8.99. The Morgan fingerprint density at radius 3 is 2.62 bits per heavy atom. The number of rotatable bonds is 11. The molecule has 2 aromatic carbocycles. The average Bonchev–Trinajstić information content (AvgIpc) is 3.39. The zero-order valence-electron chi connectivity index (χ0n) is 21.4. The molecule has 6 nitrogen and oxygen atoms in total. The first-order valence-corrected chi connectivity index (χ1v) is 15.0. The Morgan fingerprint density at radius 2 is 1.89 bits per heavy atom. The first-order valence-electron chi connectivity index (χ1n) is 12.6. The summed E-state index contributed by atoms with van der Waals surface area (Å²) in [6.07, 6.45) is 2.85. The molecule has 1 aliphatic heterocycles. The summed E-state index contributed by atoms with van der Waals surface area (Å²) in [4.78, 5) is 16.9. The van der Waals surface area contributed by atoms with Crippen molar-refractivity contribution in [2.45, 2.75) is 32.7 Å². The van der Waals surface area contributed by atoms with Gasteiger partial charge in [0.1, 0.15) is 0 Å². The summed E-state index contributed by atoms with van der Waals surface area (Å²) in [6, 6.07) is 19.4. The molecule has 0 spiro atoms. The van der Waals surface area contributed by atoms with E-state index < -0.39 is 10.0 Å². The van der Waals surface area contributed by atoms with E-state index in [0.717, 1.165) is 28.7 Å². The quantitative estimate of drug-likeness (QED) is 0.313. The fourth-order valence-electron chi connectivity index (χ4n) is 4.53. The predicted octanol–water partition coefficient (Wildman–Crippen LogP) is 5.26. The molecule has 0 radical (unpaired) electrons. The summed E-state index contributed by atoms with van der Waals surface area (Å²) in [5.41, 5.74) is 4.10. The molecule has 0 saturated heterocycles. The highest BCUT2D eigenvalue weighted by Gasteiger charge is 2.34. The fourth-order valence-corrected chi connectivity index (χ4v) is 6.61. The Morgan fingerprint density at radius 1 is 1.14 bits per heavy atom. The highest BCUT2D eigenvalue weighted by molar-refractivity contribution is 7.92. The van der Waals surface area contributed by atoms with Crippen molar-refractivity contribution in [2.24, 2.45) is 0 Å². The first-order chi connectivity index (χ1) is 17.9. The Balaban J connectivity index is 1.58. The molecule has 1 amide bonds. The molecule has 0 saturated carbocycles. The van der Waals surface area contributed by atoms with Gasteiger partial charge in [-0.1, -0.05) is 60.2 Å². The number of aryl methyl sites for hydroxylation is 1. The lowest BCUT2D eigenvalue weighted by Crippen LogP contribution is -2.46. The molecule has 196 valence electrons. The van der Waals surface area contributed by atoms with Crippen LogP contribution in [-0.2, 0) is 26.0 Å². The van der Waals surface area contributed by atoms with E-state index in [-0.39, 0.29) is 25.0 Å². The van der Waals surface area contributed by atoms with Crippen LogP contribution in [0.15, 0.2) is 71.5 Å². The topological polar surface area (TPSA) is 66.9 Å². The molecule has 0 N–H and O–H groups in total. The number of hydrogen-bond acceptors (Lipinski definition) is 5. The predicted molar refractivity (Wildman–Crippen MR) is 150 cm³/mol. The third kappa shape index (κ3) is 6.96. The Kier molecular flexibility index (Phi) is 9.32. The highest BCUT2D eigenvalue weighted by Crippen LogP contribution is 2.38. The van der Waals surface area contributed by atoms with Gasteiger partial charge >= 0.3 is 0 Å². The van der Waals surface area contributed by atoms with Crippen LogP contribution in [0.2, 0.25) is 0 Å². The van der Waals surface area contributed by atoms with E-state index in [9.17, 15) is 13.2 Å². The first kappa shape index (κ1) is 27.3. The van der Waals surface area contributed by atoms with Gasteiger partial charge in [0, 0.05) is 36.6 Å². The van der Waals surface area contributed by atoms with Gasteiger partial charge in [0.25, 0.3) is 0 Å². The molecule has 0 bridgehead atoms. The lowest BCUT2D eigenvalue weighted by molar-refractivity contribution is -0.133. The second-order valence-electron chi connectivity index (χ2n) is 9.09. The van der Waals surface area contributed by atoms with Crippen molar-refractivity contribution in [1.82, 2.24) is 9.21 Å². The van der Waals surface area contributed by atoms with Crippen LogP contribution in [0.5, 0.6) is 0 Å². The normalized spacial score (nSPS) is 15.9. The third-order valence-electron chi connectivity index (χ3n) is 6.48. The zero-order valence-corrected chi connectivity index (χ0v) is 23.0. The van der Waals surface area contributed by atoms with E-state index in [0.29, 0.717) is 26.2 Å². The van der Waals surface area contributed by atoms with Crippen LogP contribution in [0, 0.1) is 6.92 Å². The van der Waals surface area contributed by atoms with Crippen LogP contribution in [0.25, 0.3) is 6.08 Å². The van der Waals surface area contributed by atoms with Crippen LogP contribution in [0.1, 0.15) is 46.5 Å². The lowest BCUT2D eigenvalue weighted by Gasteiger charge is -2.37. The Labute approximate surface area is 224 Å². The molecule has 37 heavy (non-hydrogen) atoms. The minimum Gasteiger partial charge on any atom is -0.382 e. The van der Waals surface area contributed by atoms with Gasteiger partial charge in [-0.2, -0.15) is 4.31 Å². The maximum absolute atomic E-state index is 13.8. The zero-order chi connectivity index (χ0) is 26.3. The maximum atomic E-state index is 13.8. The van der Waals surface area contributed by atoms with Crippen molar-refractivity contribution >= 4 is 33.3 Å². The van der Waals surface area contributed by atoms with Crippen molar-refractivity contribution < 1.29 is 17.9 Å². The van der Waals surface area contributed by atoms with Crippen LogP contribution in [0.4, 0.5) is 0 Å². The molecule has 0 fully saturated rings. The number of benzene rings is 2. The lowest BCUT2D eigenvalue weighted by atomic mass is 9.92. The van der Waals surface area contributed by atoms with Gasteiger partial charge in [0.15, 0.2) is 0 Å². The second-order valence-corrected chi connectivity index (χ2v) is 11.9. The highest BCUT2D eigenvalue weighted by atomic mass is 32.2. The van der Waals surface area contributed by atoms with Gasteiger partial charge in [-0.25, -0.2) is 8.42 Å². The standard InChI is InChI=1S/C29H34N2O4S2/c1-3-35-19-7-17-30(37(33,34)21-16-24-8-5-4-6-9-24)22-28(32)31-18-14-27-26(15-20-36-27)29(31)25-12-10-23(2)11-13-25/h4-6,8-13,15-16,20-21,29H,3,7,14,17-19,22H2,1-2H3. The van der Waals surface area contributed by atoms with Crippen molar-refractivity contribution in [2.75, 3.05) is 32.8 Å². The number of carbonyl (C=O) groups excluding carboxylic acids is 1. The maximum Gasteiger partial charge on any atom is 0.238 e. The molecule has 0 aliphatic carbocycles. The van der Waals surface area contributed by atoms with Gasteiger partial charge < -0.3 is 9.64 Å². The summed E-state index contributed by atoms with van der Waals surface area (Å²) in [6.45, 7) is 5.49. The summed E-state index contributed by atoms with van der Waals surface area (Å²) in [5.74, 6) is -0.199. The molecule has 3 aromatic rings. The number of amides is 1. The van der Waals surface area contributed by atoms with E-state index >= 15 is 0 Å². The van der Waals surface area contributed by atoms with Crippen molar-refractivity contribution in [1.29, 1.82) is 0 Å². The molecule has 1 unspecified atom stereocenters. The fraction of sp³-hybridized carbons (Fsp3) is 0.345. The van der Waals surface area contributed by atoms with Crippen LogP contribution in [-0.4, -0.2) is 56.4 Å². The molecule has 8 heteroatoms. The number of hydrogen-bond donors (Lipinski definition) is 0. The van der Waals surface area contributed by atoms with Gasteiger partial charge in [0.05, 0.1) is 12.6 Å². The monoisotopic (exact) mass is 538 g/mol. The van der Waals surface area contributed by atoms with E-state index in [1.54, 1.807) is 17.4 Å². The van der Waals surface area contributed by atoms with Gasteiger partial charge in [-0.15, -0.1) is 11.3 Å². The number of thiophene rings is 1. The molecular weight excluding hydrogens is 504 g/mol. The van der Waals surface area contributed by atoms with Crippen molar-refractivity contribution in [3.05, 3.63) is 98.6 Å². The Bertz CT molecular complexity index is 1300. The smallest absolute Gasteiger partial charge is 0.238 e. The number of carbonyl (C=O) groups is 1. The van der Waals surface area contributed by atoms with Gasteiger partial charge in [-0.05, 0) is 60.9 Å². The van der Waals surface area contributed by atoms with E-state index in [1.807, 2.05) is 49.1 Å². The number of fused-ring (bicyclic) bond motifs is 1. The van der Waals surface area contributed by atoms with Crippen molar-refractivity contribution in [3.63, 3.8) is 0 Å². The van der Waals surface area contributed by atoms with Gasteiger partial charge in [0.2, 0.25) is 15.9 Å². The summed E-state index contributed by atoms with van der Waals surface area (Å²) in [5, 5.41) is 3.26. The second kappa shape index (κ2) is 12.6. The van der Waals surface area contributed by atoms with Crippen LogP contribution in [0.3, 0.4) is 0 Å². The largest absolute Gasteiger partial charge is 0.382 e. The van der Waals surface area contributed by atoms with E-state index in [1.165, 1.54) is 14.6 Å². The SMILES string of the molecule is CCOCCCN(CC(=O)N1CCc2sccc2C1c1ccc(C)cc1)S(=O)(=O)C=Cc1ccccc1. The minimum atomic E-state index is -3.83. The molecule has 2 heterocycles.